The summed E-state index contributed by atoms with van der Waals surface area (Å²) < 4.78 is 2.66. The molecule has 3 nitrogen and oxygen atoms in total. The molecular weight excluding hydrogens is 513 g/mol. The summed E-state index contributed by atoms with van der Waals surface area (Å²) in [6, 6.07) is 8.11. The van der Waals surface area contributed by atoms with E-state index in [0.717, 1.165) is 22.6 Å². The van der Waals surface area contributed by atoms with E-state index in [0.29, 0.717) is 4.32 Å². The first kappa shape index (κ1) is 31.1. The minimum Gasteiger partial charge on any atom is -2.00 e. The van der Waals surface area contributed by atoms with E-state index in [9.17, 15) is 0 Å². The molecule has 2 aromatic rings. The third-order valence-corrected chi connectivity index (χ3v) is 4.08. The molecule has 0 atom stereocenters. The van der Waals surface area contributed by atoms with Crippen LogP contribution >= 0.6 is 35.8 Å². The van der Waals surface area contributed by atoms with Gasteiger partial charge in [0.25, 0.3) is 0 Å². The summed E-state index contributed by atoms with van der Waals surface area (Å²) in [5.41, 5.74) is 1.14. The first-order valence-electron chi connectivity index (χ1n) is 5.62. The van der Waals surface area contributed by atoms with Gasteiger partial charge in [-0.2, -0.15) is 0 Å². The number of rotatable bonds is 2. The summed E-state index contributed by atoms with van der Waals surface area (Å²) in [6.07, 6.45) is 0. The first-order chi connectivity index (χ1) is 8.58. The summed E-state index contributed by atoms with van der Waals surface area (Å²) in [6.45, 7) is 5.95. The number of nitrogens with zero attached hydrogens (tertiary/aromatic N) is 1. The van der Waals surface area contributed by atoms with Crippen LogP contribution in [-0.4, -0.2) is 27.3 Å². The van der Waals surface area contributed by atoms with Crippen molar-refractivity contribution < 1.29 is 63.9 Å². The molecule has 0 radical (unpaired) electrons. The number of thiazole rings is 1. The molecular formula is C12H15N2OS4Zn3+3. The van der Waals surface area contributed by atoms with Crippen LogP contribution in [0.2, 0.25) is 0 Å². The molecule has 0 saturated heterocycles. The molecule has 22 heavy (non-hydrogen) atoms. The number of aromatic amines is 1. The van der Waals surface area contributed by atoms with Crippen LogP contribution in [0.25, 0.3) is 10.2 Å². The molecule has 0 amide bonds. The van der Waals surface area contributed by atoms with Crippen molar-refractivity contribution in [2.75, 3.05) is 13.1 Å². The Morgan fingerprint density at radius 2 is 1.68 bits per heavy atom. The van der Waals surface area contributed by atoms with E-state index in [1.807, 2.05) is 36.9 Å². The maximum Gasteiger partial charge on any atom is 2.00 e. The fourth-order valence-electron chi connectivity index (χ4n) is 1.38. The number of H-pyrrole nitrogens is 1. The van der Waals surface area contributed by atoms with Gasteiger partial charge in [0, 0.05) is 13.1 Å². The number of thiocarbonyl (C=S) groups is 1. The van der Waals surface area contributed by atoms with Gasteiger partial charge in [0.05, 0.1) is 10.2 Å². The molecule has 0 spiro atoms. The predicted molar refractivity (Wildman–Crippen MR) is 90.6 cm³/mol. The Morgan fingerprint density at radius 1 is 1.18 bits per heavy atom. The number of para-hydroxylation sites is 1. The van der Waals surface area contributed by atoms with Gasteiger partial charge in [0.2, 0.25) is 0 Å². The molecule has 106 valence electrons. The Balaban J connectivity index is -0.000000127. The van der Waals surface area contributed by atoms with E-state index in [1.54, 1.807) is 11.3 Å². The SMILES string of the molecule is CCN(CC)C(=S)[S-].S=c1[nH]c2ccccc2s1.[O-2].[Zn+2].[Zn+2].[Zn+2]. The number of aromatic nitrogens is 1. The number of fused-ring (bicyclic) bond motifs is 1. The van der Waals surface area contributed by atoms with Gasteiger partial charge in [-0.05, 0) is 38.2 Å². The molecule has 1 N–H and O–H groups in total. The van der Waals surface area contributed by atoms with Crippen LogP contribution in [0.1, 0.15) is 13.8 Å². The zero-order valence-corrected chi connectivity index (χ0v) is 25.0. The molecule has 1 aromatic heterocycles. The first-order valence-corrected chi connectivity index (χ1v) is 7.66. The summed E-state index contributed by atoms with van der Waals surface area (Å²) in [5, 5.41) is 0. The van der Waals surface area contributed by atoms with Gasteiger partial charge in [0.1, 0.15) is 0 Å². The maximum atomic E-state index is 4.98. The van der Waals surface area contributed by atoms with Crippen LogP contribution in [-0.2, 0) is 76.5 Å². The van der Waals surface area contributed by atoms with Crippen molar-refractivity contribution >= 4 is 62.9 Å². The second kappa shape index (κ2) is 17.1. The molecule has 0 aliphatic carbocycles. The van der Waals surface area contributed by atoms with Gasteiger partial charge in [-0.25, -0.2) is 0 Å². The summed E-state index contributed by atoms with van der Waals surface area (Å²) in [7, 11) is 0. The van der Waals surface area contributed by atoms with Gasteiger partial charge < -0.3 is 40.2 Å². The Bertz CT molecular complexity index is 536. The number of hydrogen-bond donors (Lipinski definition) is 1. The van der Waals surface area contributed by atoms with Crippen molar-refractivity contribution in [3.05, 3.63) is 28.2 Å². The molecule has 1 heterocycles. The van der Waals surface area contributed by atoms with Gasteiger partial charge in [-0.3, -0.25) is 0 Å². The van der Waals surface area contributed by atoms with Crippen LogP contribution in [0.3, 0.4) is 0 Å². The number of hydrogen-bond acceptors (Lipinski definition) is 4. The summed E-state index contributed by atoms with van der Waals surface area (Å²) in [5.74, 6) is 0. The van der Waals surface area contributed by atoms with Crippen LogP contribution < -0.4 is 0 Å². The fourth-order valence-corrected chi connectivity index (χ4v) is 3.01. The molecule has 0 saturated carbocycles. The Hall–Kier alpha value is 1.27. The van der Waals surface area contributed by atoms with Crippen LogP contribution in [0.5, 0.6) is 0 Å². The maximum absolute atomic E-state index is 4.98. The van der Waals surface area contributed by atoms with E-state index < -0.39 is 0 Å². The molecule has 0 unspecified atom stereocenters. The largest absolute Gasteiger partial charge is 2.00 e. The quantitative estimate of drug-likeness (QED) is 0.365. The van der Waals surface area contributed by atoms with Crippen molar-refractivity contribution in [3.8, 4) is 0 Å². The zero-order chi connectivity index (χ0) is 13.5. The van der Waals surface area contributed by atoms with E-state index in [-0.39, 0.29) is 63.9 Å². The third kappa shape index (κ3) is 10.9. The van der Waals surface area contributed by atoms with Gasteiger partial charge >= 0.3 is 58.4 Å². The molecule has 1 aromatic carbocycles. The monoisotopic (exact) mass is 523 g/mol. The second-order valence-corrected chi connectivity index (χ2v) is 6.20. The van der Waals surface area contributed by atoms with Crippen molar-refractivity contribution in [2.24, 2.45) is 0 Å². The Labute approximate surface area is 190 Å². The fraction of sp³-hybridized carbons (Fsp3) is 0.333. The minimum absolute atomic E-state index is 0. The molecule has 0 bridgehead atoms. The predicted octanol–water partition coefficient (Wildman–Crippen LogP) is 3.99. The molecule has 0 aliphatic rings. The van der Waals surface area contributed by atoms with Gasteiger partial charge in [-0.1, -0.05) is 16.5 Å². The van der Waals surface area contributed by atoms with Gasteiger partial charge in [-0.15, -0.1) is 11.3 Å². The second-order valence-electron chi connectivity index (χ2n) is 3.45. The molecule has 10 heteroatoms. The average molecular weight is 528 g/mol. The van der Waals surface area contributed by atoms with E-state index in [2.05, 4.69) is 11.1 Å². The smallest absolute Gasteiger partial charge is 2.00 e. The van der Waals surface area contributed by atoms with Crippen molar-refractivity contribution in [1.29, 1.82) is 0 Å². The standard InChI is InChI=1S/C7H5NS2.C5H11NS2.O.3Zn/c9-7-8-5-3-1-2-4-6(5)10-7;1-3-6(4-2)5(7)8;;;;/h1-4H,(H,8,9);3-4H2,1-2H3,(H,7,8);;;;/q;;-2;3*+2/p-1. The van der Waals surface area contributed by atoms with E-state index in [1.165, 1.54) is 4.70 Å². The normalized spacial score (nSPS) is 7.91. The minimum atomic E-state index is 0. The zero-order valence-electron chi connectivity index (χ0n) is 12.8. The van der Waals surface area contributed by atoms with Crippen LogP contribution in [0.15, 0.2) is 24.3 Å². The van der Waals surface area contributed by atoms with Crippen molar-refractivity contribution in [3.63, 3.8) is 0 Å². The van der Waals surface area contributed by atoms with Crippen LogP contribution in [0.4, 0.5) is 0 Å². The van der Waals surface area contributed by atoms with E-state index in [4.69, 9.17) is 37.1 Å². The molecule has 0 aliphatic heterocycles. The van der Waals surface area contributed by atoms with E-state index >= 15 is 0 Å². The number of benzene rings is 1. The third-order valence-electron chi connectivity index (χ3n) is 2.35. The average Bonchev–Trinajstić information content (AvgIpc) is 2.71. The van der Waals surface area contributed by atoms with Crippen LogP contribution in [0, 0.1) is 3.95 Å². The Morgan fingerprint density at radius 3 is 2.05 bits per heavy atom. The van der Waals surface area contributed by atoms with Gasteiger partial charge in [0.15, 0.2) is 3.95 Å². The van der Waals surface area contributed by atoms with Crippen molar-refractivity contribution in [1.82, 2.24) is 9.88 Å². The number of nitrogens with one attached hydrogen (secondary N) is 1. The molecule has 0 fully saturated rings. The molecule has 2 rings (SSSR count). The summed E-state index contributed by atoms with van der Waals surface area (Å²) >= 11 is 16.1. The Kier molecular flexibility index (Phi) is 24.2. The summed E-state index contributed by atoms with van der Waals surface area (Å²) in [4.78, 5) is 5.05. The van der Waals surface area contributed by atoms with Crippen molar-refractivity contribution in [2.45, 2.75) is 13.8 Å². The topological polar surface area (TPSA) is 47.5 Å².